The van der Waals surface area contributed by atoms with Crippen LogP contribution in [0.5, 0.6) is 0 Å². The lowest BCUT2D eigenvalue weighted by atomic mass is 10.1. The summed E-state index contributed by atoms with van der Waals surface area (Å²) < 4.78 is 28.5. The first-order chi connectivity index (χ1) is 9.04. The van der Waals surface area contributed by atoms with Crippen molar-refractivity contribution in [1.82, 2.24) is 14.8 Å². The zero-order valence-electron chi connectivity index (χ0n) is 10.8. The van der Waals surface area contributed by atoms with Gasteiger partial charge in [0.05, 0.1) is 0 Å². The van der Waals surface area contributed by atoms with Gasteiger partial charge in [0.25, 0.3) is 0 Å². The average Bonchev–Trinajstić information content (AvgIpc) is 2.78. The Balaban J connectivity index is 2.38. The van der Waals surface area contributed by atoms with Crippen molar-refractivity contribution in [1.29, 1.82) is 0 Å². The van der Waals surface area contributed by atoms with E-state index in [2.05, 4.69) is 10.2 Å². The second-order valence-electron chi connectivity index (χ2n) is 4.54. The molecule has 1 N–H and O–H groups in total. The predicted octanol–water partition coefficient (Wildman–Crippen LogP) is 2.22. The number of benzene rings is 1. The number of aliphatic hydroxyl groups is 1. The second kappa shape index (κ2) is 5.44. The molecule has 1 aromatic carbocycles. The molecule has 0 bridgehead atoms. The van der Waals surface area contributed by atoms with E-state index in [9.17, 15) is 13.9 Å². The van der Waals surface area contributed by atoms with Crippen LogP contribution in [-0.4, -0.2) is 19.9 Å². The lowest BCUT2D eigenvalue weighted by molar-refractivity contribution is 0.261. The minimum Gasteiger partial charge on any atom is -0.388 e. The van der Waals surface area contributed by atoms with E-state index in [1.807, 2.05) is 13.8 Å². The van der Waals surface area contributed by atoms with Gasteiger partial charge in [0.1, 0.15) is 12.4 Å². The summed E-state index contributed by atoms with van der Waals surface area (Å²) in [5, 5.41) is 17.0. The summed E-state index contributed by atoms with van der Waals surface area (Å²) in [6, 6.07) is 4.07. The third-order valence-electron chi connectivity index (χ3n) is 2.87. The summed E-state index contributed by atoms with van der Waals surface area (Å²) in [5.41, 5.74) is 0.221. The van der Waals surface area contributed by atoms with E-state index in [0.29, 0.717) is 11.6 Å². The van der Waals surface area contributed by atoms with E-state index in [1.54, 1.807) is 4.57 Å². The molecular weight excluding hydrogens is 252 g/mol. The van der Waals surface area contributed by atoms with Crippen molar-refractivity contribution in [2.45, 2.75) is 32.9 Å². The molecule has 0 aliphatic carbocycles. The first-order valence-corrected chi connectivity index (χ1v) is 6.01. The van der Waals surface area contributed by atoms with Gasteiger partial charge in [-0.25, -0.2) is 8.78 Å². The number of nitrogens with zero attached hydrogens (tertiary/aromatic N) is 3. The molecule has 0 spiro atoms. The summed E-state index contributed by atoms with van der Waals surface area (Å²) in [6.07, 6.45) is 0.134. The Hall–Kier alpha value is -1.82. The molecule has 1 heterocycles. The Morgan fingerprint density at radius 1 is 1.21 bits per heavy atom. The molecule has 0 amide bonds. The highest BCUT2D eigenvalue weighted by Crippen LogP contribution is 2.18. The zero-order chi connectivity index (χ0) is 14.0. The number of halogens is 2. The largest absolute Gasteiger partial charge is 0.388 e. The van der Waals surface area contributed by atoms with Crippen molar-refractivity contribution < 1.29 is 13.9 Å². The number of rotatable bonds is 4. The van der Waals surface area contributed by atoms with Crippen LogP contribution in [-0.2, 0) is 13.0 Å². The molecule has 0 fully saturated rings. The van der Waals surface area contributed by atoms with Gasteiger partial charge >= 0.3 is 0 Å². The van der Waals surface area contributed by atoms with Gasteiger partial charge in [-0.05, 0) is 25.5 Å². The standard InChI is InChI=1S/C13H15F2N3O/c1-8(2)18-11(16-17-12(18)7-19)6-9-4-3-5-10(14)13(9)15/h3-5,8,19H,6-7H2,1-2H3. The van der Waals surface area contributed by atoms with Crippen molar-refractivity contribution >= 4 is 0 Å². The molecule has 2 aromatic rings. The molecule has 0 aliphatic heterocycles. The van der Waals surface area contributed by atoms with E-state index in [4.69, 9.17) is 0 Å². The average molecular weight is 267 g/mol. The van der Waals surface area contributed by atoms with Crippen LogP contribution < -0.4 is 0 Å². The van der Waals surface area contributed by atoms with Crippen LogP contribution in [0.15, 0.2) is 18.2 Å². The summed E-state index contributed by atoms with van der Waals surface area (Å²) in [7, 11) is 0. The van der Waals surface area contributed by atoms with Gasteiger partial charge in [0.15, 0.2) is 17.5 Å². The summed E-state index contributed by atoms with van der Waals surface area (Å²) in [5.74, 6) is -0.827. The maximum Gasteiger partial charge on any atom is 0.162 e. The highest BCUT2D eigenvalue weighted by atomic mass is 19.2. The van der Waals surface area contributed by atoms with Gasteiger partial charge in [0.2, 0.25) is 0 Å². The highest BCUT2D eigenvalue weighted by Gasteiger charge is 2.16. The van der Waals surface area contributed by atoms with E-state index in [-0.39, 0.29) is 24.6 Å². The summed E-state index contributed by atoms with van der Waals surface area (Å²) in [6.45, 7) is 3.58. The van der Waals surface area contributed by atoms with Gasteiger partial charge in [-0.3, -0.25) is 0 Å². The first kappa shape index (κ1) is 13.6. The maximum atomic E-state index is 13.6. The van der Waals surface area contributed by atoms with Crippen molar-refractivity contribution in [2.24, 2.45) is 0 Å². The van der Waals surface area contributed by atoms with Gasteiger partial charge in [-0.15, -0.1) is 10.2 Å². The third-order valence-corrected chi connectivity index (χ3v) is 2.87. The van der Waals surface area contributed by atoms with Crippen LogP contribution in [0.4, 0.5) is 8.78 Å². The smallest absolute Gasteiger partial charge is 0.162 e. The monoisotopic (exact) mass is 267 g/mol. The van der Waals surface area contributed by atoms with Gasteiger partial charge in [-0.1, -0.05) is 12.1 Å². The maximum absolute atomic E-state index is 13.6. The number of aliphatic hydroxyl groups excluding tert-OH is 1. The molecular formula is C13H15F2N3O. The lowest BCUT2D eigenvalue weighted by Crippen LogP contribution is -2.11. The molecule has 0 saturated carbocycles. The number of hydrogen-bond acceptors (Lipinski definition) is 3. The molecule has 0 aliphatic rings. The van der Waals surface area contributed by atoms with Crippen LogP contribution in [0.25, 0.3) is 0 Å². The minimum atomic E-state index is -0.879. The minimum absolute atomic E-state index is 0.0313. The summed E-state index contributed by atoms with van der Waals surface area (Å²) >= 11 is 0. The predicted molar refractivity (Wildman–Crippen MR) is 65.5 cm³/mol. The van der Waals surface area contributed by atoms with Crippen molar-refractivity contribution in [3.05, 3.63) is 47.0 Å². The molecule has 0 atom stereocenters. The Labute approximate surface area is 109 Å². The Morgan fingerprint density at radius 3 is 2.53 bits per heavy atom. The van der Waals surface area contributed by atoms with E-state index in [0.717, 1.165) is 6.07 Å². The van der Waals surface area contributed by atoms with Gasteiger partial charge in [0, 0.05) is 12.5 Å². The normalized spacial score (nSPS) is 11.3. The van der Waals surface area contributed by atoms with Crippen LogP contribution in [0.2, 0.25) is 0 Å². The molecule has 4 nitrogen and oxygen atoms in total. The van der Waals surface area contributed by atoms with Crippen LogP contribution >= 0.6 is 0 Å². The number of hydrogen-bond donors (Lipinski definition) is 1. The molecule has 0 unspecified atom stereocenters. The van der Waals surface area contributed by atoms with E-state index < -0.39 is 11.6 Å². The van der Waals surface area contributed by atoms with Crippen LogP contribution in [0.1, 0.15) is 37.1 Å². The molecule has 19 heavy (non-hydrogen) atoms. The van der Waals surface area contributed by atoms with E-state index >= 15 is 0 Å². The zero-order valence-corrected chi connectivity index (χ0v) is 10.8. The Kier molecular flexibility index (Phi) is 3.90. The fourth-order valence-electron chi connectivity index (χ4n) is 2.04. The van der Waals surface area contributed by atoms with E-state index in [1.165, 1.54) is 12.1 Å². The molecule has 0 saturated heterocycles. The topological polar surface area (TPSA) is 50.9 Å². The molecule has 102 valence electrons. The molecule has 1 aromatic heterocycles. The van der Waals surface area contributed by atoms with Gasteiger partial charge in [-0.2, -0.15) is 0 Å². The molecule has 2 rings (SSSR count). The van der Waals surface area contributed by atoms with Gasteiger partial charge < -0.3 is 9.67 Å². The molecule has 0 radical (unpaired) electrons. The van der Waals surface area contributed by atoms with Crippen molar-refractivity contribution in [3.63, 3.8) is 0 Å². The van der Waals surface area contributed by atoms with Crippen LogP contribution in [0, 0.1) is 11.6 Å². The van der Waals surface area contributed by atoms with Crippen molar-refractivity contribution in [3.8, 4) is 0 Å². The first-order valence-electron chi connectivity index (χ1n) is 6.01. The number of aromatic nitrogens is 3. The van der Waals surface area contributed by atoms with Crippen molar-refractivity contribution in [2.75, 3.05) is 0 Å². The SMILES string of the molecule is CC(C)n1c(CO)nnc1Cc1cccc(F)c1F. The fraction of sp³-hybridized carbons (Fsp3) is 0.385. The Morgan fingerprint density at radius 2 is 1.89 bits per heavy atom. The quantitative estimate of drug-likeness (QED) is 0.924. The van der Waals surface area contributed by atoms with Crippen LogP contribution in [0.3, 0.4) is 0 Å². The Bertz CT molecular complexity index is 581. The third kappa shape index (κ3) is 2.63. The fourth-order valence-corrected chi connectivity index (χ4v) is 2.04. The molecule has 6 heteroatoms. The lowest BCUT2D eigenvalue weighted by Gasteiger charge is -2.13. The summed E-state index contributed by atoms with van der Waals surface area (Å²) in [4.78, 5) is 0. The highest BCUT2D eigenvalue weighted by molar-refractivity contribution is 5.22. The second-order valence-corrected chi connectivity index (χ2v) is 4.54.